The molecule has 0 saturated heterocycles. The number of nitrogens with two attached hydrogens (primary N) is 2. The summed E-state index contributed by atoms with van der Waals surface area (Å²) in [4.78, 5) is 43.7. The summed E-state index contributed by atoms with van der Waals surface area (Å²) in [6, 6.07) is 52.3. The van der Waals surface area contributed by atoms with Gasteiger partial charge in [-0.05, 0) is 187 Å². The predicted octanol–water partition coefficient (Wildman–Crippen LogP) is 16.9. The van der Waals surface area contributed by atoms with Gasteiger partial charge < -0.3 is 30.8 Å². The second-order valence-corrected chi connectivity index (χ2v) is 29.1. The Morgan fingerprint density at radius 3 is 1.10 bits per heavy atom. The van der Waals surface area contributed by atoms with E-state index in [1.807, 2.05) is 33.4 Å². The lowest BCUT2D eigenvalue weighted by molar-refractivity contribution is -0.138. The fraction of sp³-hybridized carbons (Fsp3) is 0.284. The van der Waals surface area contributed by atoms with E-state index in [-0.39, 0.29) is 40.5 Å². The van der Waals surface area contributed by atoms with Crippen LogP contribution in [0.4, 0.5) is 16.3 Å². The van der Waals surface area contributed by atoms with E-state index in [0.29, 0.717) is 65.3 Å². The van der Waals surface area contributed by atoms with Crippen LogP contribution in [0.25, 0.3) is 65.8 Å². The largest absolute Gasteiger partial charge is 0.481 e. The Labute approximate surface area is 648 Å². The van der Waals surface area contributed by atoms with Crippen LogP contribution >= 0.6 is 95.3 Å². The number of nitrogens with one attached hydrogen (secondary N) is 1. The van der Waals surface area contributed by atoms with Crippen LogP contribution in [-0.2, 0) is 33.4 Å². The Balaban J connectivity index is 0.000000144. The van der Waals surface area contributed by atoms with Crippen LogP contribution in [0.3, 0.4) is 0 Å². The number of alkyl halides is 2. The molecule has 544 valence electrons. The maximum atomic E-state index is 11.5. The second kappa shape index (κ2) is 37.3. The Morgan fingerprint density at radius 2 is 0.819 bits per heavy atom. The molecule has 4 fully saturated rings. The second-order valence-electron chi connectivity index (χ2n) is 23.9. The first kappa shape index (κ1) is 77.1. The van der Waals surface area contributed by atoms with Gasteiger partial charge >= 0.3 is 23.9 Å². The number of carboxylic acid groups (broad SMARTS) is 1. The molecule has 8 aromatic carbocycles. The first-order valence-electron chi connectivity index (χ1n) is 33.6. The van der Waals surface area contributed by atoms with Gasteiger partial charge in [0.15, 0.2) is 15.5 Å². The van der Waals surface area contributed by atoms with Crippen molar-refractivity contribution in [3.63, 3.8) is 0 Å². The number of benzene rings is 8. The Morgan fingerprint density at radius 1 is 0.524 bits per heavy atom. The number of hydrogen-bond donors (Lipinski definition) is 4. The minimum absolute atomic E-state index is 0.0524. The van der Waals surface area contributed by atoms with E-state index in [0.717, 1.165) is 50.7 Å². The van der Waals surface area contributed by atoms with Crippen molar-refractivity contribution in [1.29, 1.82) is 5.26 Å². The number of anilines is 2. The van der Waals surface area contributed by atoms with Crippen molar-refractivity contribution in [2.75, 3.05) is 62.5 Å². The fourth-order valence-electron chi connectivity index (χ4n) is 11.8. The molecular weight excluding hydrogens is 1610 g/mol. The van der Waals surface area contributed by atoms with Crippen molar-refractivity contribution in [3.8, 4) is 28.8 Å². The van der Waals surface area contributed by atoms with Crippen molar-refractivity contribution < 1.29 is 44.3 Å². The van der Waals surface area contributed by atoms with Crippen molar-refractivity contribution in [1.82, 2.24) is 59.1 Å². The molecule has 4 heterocycles. The van der Waals surface area contributed by atoms with Crippen LogP contribution in [0.2, 0.25) is 0 Å². The maximum absolute atomic E-state index is 11.5. The standard InChI is InChI=1S/C18H16BrN3O2S.C18H18N4O2S.C17H14BrN3O2S.C15H14N4S.C3H5BrO2.C2H3N.CH3F/c2*1-24-16(23)10-25-18-21-20-17(19)22(18)15-9-8-12(11-6-7-11)13-4-2-3-5-14(13)15;18-16-19-20-17(24-9-15(22)23)21(16)14-8-7-11(10-5-6-10)12-3-1-2-4-13(12)14;16-14-17-18-15(20)19(14)13-8-7-10(9-5-6-9)11-3-1-2-4-12(11)13;1-6-3(5)2-4;1-2-3;1-2/h2-5,8-9,11H,6-7,10H2,1H3;2-5,8-9,11H,6-7,10H2,1H3,(H2,19,20);1-4,7-8,10H,5-6,9H2,(H,22,23);1-4,7-9H,5-6H2,(H2,16,17)(H,18,20);2H2,1H3;1H3;1H3/i;;;;;;1D. The van der Waals surface area contributed by atoms with Gasteiger partial charge in [0.2, 0.25) is 26.1 Å². The summed E-state index contributed by atoms with van der Waals surface area (Å²) in [7, 11) is 3.10. The summed E-state index contributed by atoms with van der Waals surface area (Å²) in [5.74, 6) is 1.98. The van der Waals surface area contributed by atoms with E-state index < -0.39 is 13.1 Å². The molecule has 4 aromatic heterocycles. The normalized spacial score (nSPS) is 13.4. The third-order valence-corrected chi connectivity index (χ3v) is 21.5. The van der Waals surface area contributed by atoms with E-state index in [4.69, 9.17) is 44.9 Å². The third kappa shape index (κ3) is 19.3. The van der Waals surface area contributed by atoms with Crippen molar-refractivity contribution in [2.45, 2.75) is 97.4 Å². The van der Waals surface area contributed by atoms with Gasteiger partial charge in [0.25, 0.3) is 0 Å². The summed E-state index contributed by atoms with van der Waals surface area (Å²) in [5, 5.41) is 59.3. The van der Waals surface area contributed by atoms with Gasteiger partial charge in [-0.3, -0.25) is 41.8 Å². The van der Waals surface area contributed by atoms with Crippen LogP contribution in [0.5, 0.6) is 0 Å². The first-order chi connectivity index (χ1) is 51.4. The van der Waals surface area contributed by atoms with Crippen molar-refractivity contribution in [3.05, 3.63) is 182 Å². The lowest BCUT2D eigenvalue weighted by atomic mass is 9.99. The minimum Gasteiger partial charge on any atom is -0.481 e. The number of nitriles is 1. The number of nitrogens with zero attached hydrogens (tertiary/aromatic N) is 12. The number of carbonyl (C=O) groups is 4. The van der Waals surface area contributed by atoms with Gasteiger partial charge in [-0.25, -0.2) is 5.10 Å². The molecule has 0 unspecified atom stereocenters. The highest BCUT2D eigenvalue weighted by atomic mass is 79.9. The number of thioether (sulfide) groups is 3. The van der Waals surface area contributed by atoms with Gasteiger partial charge in [-0.15, -0.1) is 35.7 Å². The number of aromatic nitrogens is 12. The molecule has 4 aliphatic rings. The third-order valence-electron chi connectivity index (χ3n) is 17.1. The summed E-state index contributed by atoms with van der Waals surface area (Å²) in [5.41, 5.74) is 21.5. The molecule has 0 bridgehead atoms. The van der Waals surface area contributed by atoms with E-state index in [9.17, 15) is 23.6 Å². The van der Waals surface area contributed by atoms with Gasteiger partial charge in [0.05, 0.1) is 75.9 Å². The number of hydrogen-bond acceptors (Lipinski definition) is 21. The molecule has 23 nitrogen and oxygen atoms in total. The van der Waals surface area contributed by atoms with Gasteiger partial charge in [-0.1, -0.05) is 173 Å². The number of fused-ring (bicyclic) bond motifs is 4. The zero-order valence-corrected chi connectivity index (χ0v) is 65.4. The van der Waals surface area contributed by atoms with Gasteiger partial charge in [0.1, 0.15) is 5.33 Å². The lowest BCUT2D eigenvalue weighted by Crippen LogP contribution is -2.07. The number of nitrogen functional groups attached to an aromatic ring is 2. The average molecular weight is 1690 g/mol. The van der Waals surface area contributed by atoms with E-state index in [2.05, 4.69) is 215 Å². The number of carboxylic acids is 1. The highest BCUT2D eigenvalue weighted by Crippen LogP contribution is 2.48. The summed E-state index contributed by atoms with van der Waals surface area (Å²) >= 11 is 18.8. The van der Waals surface area contributed by atoms with E-state index >= 15 is 0 Å². The number of methoxy groups -OCH3 is 3. The molecule has 0 amide bonds. The van der Waals surface area contributed by atoms with Crippen LogP contribution in [0.1, 0.15) is 106 Å². The molecule has 31 heteroatoms. The molecule has 0 atom stereocenters. The molecule has 0 radical (unpaired) electrons. The van der Waals surface area contributed by atoms with Gasteiger partial charge in [0, 0.05) is 28.5 Å². The topological polar surface area (TPSA) is 318 Å². The number of esters is 3. The SMILES string of the molecule is CC#N.COC(=O)CBr.COC(=O)CSc1nnc(Br)n1-c1ccc(C2CC2)c2ccccc12.COC(=O)CSc1nnc(N)n1-c1ccc(C2CC2)c2ccccc12.Nc1n[nH]c(=S)n1-c1ccc(C2CC2)c2ccccc12.O=C(O)CSc1nnc(Br)n1-c1ccc(C2CC2)c2ccccc12.[2H]CF. The van der Waals surface area contributed by atoms with E-state index in [1.165, 1.54) is 152 Å². The molecule has 4 aliphatic carbocycles. The summed E-state index contributed by atoms with van der Waals surface area (Å²) in [6.07, 6.45) is 10.1. The number of H-pyrrole nitrogens is 1. The fourth-order valence-corrected chi connectivity index (χ4v) is 15.6. The van der Waals surface area contributed by atoms with Crippen LogP contribution in [-0.4, -0.2) is 139 Å². The summed E-state index contributed by atoms with van der Waals surface area (Å²) in [6.45, 7) is 1.43. The van der Waals surface area contributed by atoms with Crippen molar-refractivity contribution >= 4 is 174 Å². The molecule has 6 N–H and O–H groups in total. The molecule has 12 aromatic rings. The predicted molar refractivity (Wildman–Crippen MR) is 423 cm³/mol. The quantitative estimate of drug-likeness (QED) is 0.0204. The highest BCUT2D eigenvalue weighted by molar-refractivity contribution is 9.10. The molecule has 4 saturated carbocycles. The summed E-state index contributed by atoms with van der Waals surface area (Å²) < 4.78 is 38.2. The zero-order valence-electron chi connectivity index (χ0n) is 58.3. The van der Waals surface area contributed by atoms with E-state index in [1.54, 1.807) is 15.2 Å². The smallest absolute Gasteiger partial charge is 0.316 e. The zero-order chi connectivity index (χ0) is 75.6. The van der Waals surface area contributed by atoms with Crippen molar-refractivity contribution in [2.24, 2.45) is 0 Å². The monoisotopic (exact) mass is 1680 g/mol. The Hall–Kier alpha value is -9.03. The van der Waals surface area contributed by atoms with Crippen LogP contribution < -0.4 is 11.5 Å². The Bertz CT molecular complexity index is 5070. The van der Waals surface area contributed by atoms with Crippen LogP contribution in [0.15, 0.2) is 171 Å². The first-order valence-corrected chi connectivity index (χ1v) is 39.0. The number of carbonyl (C=O) groups excluding carboxylic acids is 3. The average Bonchev–Trinajstić information content (AvgIpc) is 1.73. The number of rotatable bonds is 18. The maximum Gasteiger partial charge on any atom is 0.316 e. The van der Waals surface area contributed by atoms with Crippen LogP contribution in [0, 0.1) is 16.1 Å². The minimum atomic E-state index is -1.00. The number of ether oxygens (including phenoxy) is 3. The lowest BCUT2D eigenvalue weighted by Gasteiger charge is -2.14. The molecule has 0 spiro atoms. The molecule has 0 aliphatic heterocycles. The highest BCUT2D eigenvalue weighted by Gasteiger charge is 2.31. The molecule has 105 heavy (non-hydrogen) atoms. The number of halogens is 4. The number of aromatic amines is 1. The number of aliphatic carboxylic acids is 1. The molecular formula is C74H73Br3FN15O8S4. The van der Waals surface area contributed by atoms with Gasteiger partial charge in [-0.2, -0.15) is 5.26 Å². The Kier molecular flexibility index (Phi) is 27.4. The molecule has 16 rings (SSSR count).